The Morgan fingerprint density at radius 2 is 2.00 bits per heavy atom. The Morgan fingerprint density at radius 3 is 2.65 bits per heavy atom. The number of hydrogen-bond acceptors (Lipinski definition) is 3. The average Bonchev–Trinajstić information content (AvgIpc) is 3.21. The van der Waals surface area contributed by atoms with Crippen LogP contribution in [-0.2, 0) is 9.53 Å². The number of hydrogen-bond donors (Lipinski definition) is 0. The number of carbonyl (C=O) groups is 2. The highest BCUT2D eigenvalue weighted by Gasteiger charge is 2.39. The summed E-state index contributed by atoms with van der Waals surface area (Å²) in [6, 6.07) is 5.66. The van der Waals surface area contributed by atoms with Crippen LogP contribution in [0.5, 0.6) is 0 Å². The molecule has 0 spiro atoms. The maximum atomic E-state index is 12.8. The molecule has 1 amide bonds. The van der Waals surface area contributed by atoms with Crippen LogP contribution in [0.25, 0.3) is 0 Å². The van der Waals surface area contributed by atoms with E-state index < -0.39 is 5.97 Å². The predicted molar refractivity (Wildman–Crippen MR) is 69.5 cm³/mol. The molecule has 0 N–H and O–H groups in total. The van der Waals surface area contributed by atoms with Gasteiger partial charge in [-0.3, -0.25) is 4.79 Å². The molecule has 2 aliphatic rings. The molecule has 5 heteroatoms. The van der Waals surface area contributed by atoms with Gasteiger partial charge in [-0.05, 0) is 37.1 Å². The standard InChI is InChI=1S/C15H16FNO3/c16-12-3-1-11(2-4-12)15(19)20-9-10-7-14(18)17(8-10)13-5-6-13/h1-4,10,13H,5-9H2/t10-/m1/s1. The quantitative estimate of drug-likeness (QED) is 0.791. The molecule has 0 unspecified atom stereocenters. The third-order valence-corrected chi connectivity index (χ3v) is 3.76. The summed E-state index contributed by atoms with van der Waals surface area (Å²) in [4.78, 5) is 25.4. The number of amides is 1. The van der Waals surface area contributed by atoms with Crippen LogP contribution in [-0.4, -0.2) is 36.0 Å². The van der Waals surface area contributed by atoms with Gasteiger partial charge >= 0.3 is 5.97 Å². The van der Waals surface area contributed by atoms with Gasteiger partial charge in [-0.2, -0.15) is 0 Å². The van der Waals surface area contributed by atoms with Gasteiger partial charge in [-0.1, -0.05) is 0 Å². The summed E-state index contributed by atoms with van der Waals surface area (Å²) >= 11 is 0. The predicted octanol–water partition coefficient (Wildman–Crippen LogP) is 1.99. The lowest BCUT2D eigenvalue weighted by Crippen LogP contribution is -2.27. The smallest absolute Gasteiger partial charge is 0.338 e. The molecule has 1 saturated heterocycles. The van der Waals surface area contributed by atoms with E-state index in [0.29, 0.717) is 24.6 Å². The molecule has 0 bridgehead atoms. The van der Waals surface area contributed by atoms with Crippen molar-refractivity contribution in [3.63, 3.8) is 0 Å². The molecule has 1 aromatic carbocycles. The van der Waals surface area contributed by atoms with Crippen molar-refractivity contribution in [2.45, 2.75) is 25.3 Å². The Bertz CT molecular complexity index is 524. The van der Waals surface area contributed by atoms with E-state index in [9.17, 15) is 14.0 Å². The lowest BCUT2D eigenvalue weighted by Gasteiger charge is -2.15. The van der Waals surface area contributed by atoms with Gasteiger partial charge in [0.1, 0.15) is 5.82 Å². The van der Waals surface area contributed by atoms with Crippen molar-refractivity contribution in [2.75, 3.05) is 13.2 Å². The van der Waals surface area contributed by atoms with Crippen LogP contribution < -0.4 is 0 Å². The van der Waals surface area contributed by atoms with Gasteiger partial charge < -0.3 is 9.64 Å². The van der Waals surface area contributed by atoms with Gasteiger partial charge in [0.15, 0.2) is 0 Å². The fourth-order valence-corrected chi connectivity index (χ4v) is 2.52. The first-order valence-electron chi connectivity index (χ1n) is 6.85. The van der Waals surface area contributed by atoms with Crippen molar-refractivity contribution in [1.29, 1.82) is 0 Å². The second kappa shape index (κ2) is 5.23. The number of nitrogens with zero attached hydrogens (tertiary/aromatic N) is 1. The zero-order valence-corrected chi connectivity index (χ0v) is 11.0. The molecule has 1 saturated carbocycles. The average molecular weight is 277 g/mol. The molecule has 1 aliphatic carbocycles. The Balaban J connectivity index is 1.51. The third-order valence-electron chi connectivity index (χ3n) is 3.76. The van der Waals surface area contributed by atoms with E-state index in [1.54, 1.807) is 0 Å². The minimum absolute atomic E-state index is 0.0764. The molecule has 1 heterocycles. The summed E-state index contributed by atoms with van der Waals surface area (Å²) in [6.07, 6.45) is 2.63. The van der Waals surface area contributed by atoms with Gasteiger partial charge in [0.2, 0.25) is 5.91 Å². The summed E-state index contributed by atoms with van der Waals surface area (Å²) in [7, 11) is 0. The molecule has 1 aromatic rings. The number of benzene rings is 1. The number of ether oxygens (including phenoxy) is 1. The van der Waals surface area contributed by atoms with Gasteiger partial charge in [-0.15, -0.1) is 0 Å². The van der Waals surface area contributed by atoms with Gasteiger partial charge in [0.25, 0.3) is 0 Å². The Kier molecular flexibility index (Phi) is 3.42. The van der Waals surface area contributed by atoms with Crippen LogP contribution in [0, 0.1) is 11.7 Å². The molecular weight excluding hydrogens is 261 g/mol. The van der Waals surface area contributed by atoms with E-state index in [-0.39, 0.29) is 24.2 Å². The van der Waals surface area contributed by atoms with E-state index in [2.05, 4.69) is 0 Å². The first-order chi connectivity index (χ1) is 9.63. The summed E-state index contributed by atoms with van der Waals surface area (Å²) in [5, 5.41) is 0. The van der Waals surface area contributed by atoms with Crippen molar-refractivity contribution < 1.29 is 18.7 Å². The molecule has 4 nitrogen and oxygen atoms in total. The second-order valence-electron chi connectivity index (χ2n) is 5.45. The maximum absolute atomic E-state index is 12.8. The highest BCUT2D eigenvalue weighted by molar-refractivity contribution is 5.89. The number of esters is 1. The summed E-state index contributed by atoms with van der Waals surface area (Å²) < 4.78 is 18.0. The lowest BCUT2D eigenvalue weighted by atomic mass is 10.1. The number of halogens is 1. The maximum Gasteiger partial charge on any atom is 0.338 e. The van der Waals surface area contributed by atoms with Crippen LogP contribution in [0.1, 0.15) is 29.6 Å². The second-order valence-corrected chi connectivity index (χ2v) is 5.45. The fraction of sp³-hybridized carbons (Fsp3) is 0.467. The molecule has 0 radical (unpaired) electrons. The van der Waals surface area contributed by atoms with Crippen molar-refractivity contribution in [3.05, 3.63) is 35.6 Å². The zero-order chi connectivity index (χ0) is 14.1. The lowest BCUT2D eigenvalue weighted by molar-refractivity contribution is -0.128. The van der Waals surface area contributed by atoms with Gasteiger partial charge in [0.05, 0.1) is 12.2 Å². The van der Waals surface area contributed by atoms with Crippen LogP contribution in [0.4, 0.5) is 4.39 Å². The summed E-state index contributed by atoms with van der Waals surface area (Å²) in [5.41, 5.74) is 0.328. The Morgan fingerprint density at radius 1 is 1.30 bits per heavy atom. The monoisotopic (exact) mass is 277 g/mol. The van der Waals surface area contributed by atoms with E-state index in [4.69, 9.17) is 4.74 Å². The van der Waals surface area contributed by atoms with Crippen molar-refractivity contribution in [1.82, 2.24) is 4.90 Å². The zero-order valence-electron chi connectivity index (χ0n) is 11.0. The summed E-state index contributed by atoms with van der Waals surface area (Å²) in [5.74, 6) is -0.617. The molecule has 20 heavy (non-hydrogen) atoms. The molecule has 1 atom stereocenters. The van der Waals surface area contributed by atoms with Crippen LogP contribution in [0.3, 0.4) is 0 Å². The Labute approximate surface area is 116 Å². The van der Waals surface area contributed by atoms with E-state index in [1.165, 1.54) is 24.3 Å². The van der Waals surface area contributed by atoms with Crippen LogP contribution >= 0.6 is 0 Å². The topological polar surface area (TPSA) is 46.6 Å². The number of likely N-dealkylation sites (tertiary alicyclic amines) is 1. The van der Waals surface area contributed by atoms with Crippen molar-refractivity contribution in [3.8, 4) is 0 Å². The third kappa shape index (κ3) is 2.81. The minimum Gasteiger partial charge on any atom is -0.462 e. The minimum atomic E-state index is -0.470. The first kappa shape index (κ1) is 13.1. The van der Waals surface area contributed by atoms with Crippen LogP contribution in [0.15, 0.2) is 24.3 Å². The van der Waals surface area contributed by atoms with Crippen molar-refractivity contribution in [2.24, 2.45) is 5.92 Å². The largest absolute Gasteiger partial charge is 0.462 e. The van der Waals surface area contributed by atoms with Gasteiger partial charge in [-0.25, -0.2) is 9.18 Å². The summed E-state index contributed by atoms with van der Waals surface area (Å²) in [6.45, 7) is 0.922. The van der Waals surface area contributed by atoms with Crippen LogP contribution in [0.2, 0.25) is 0 Å². The number of carbonyl (C=O) groups excluding carboxylic acids is 2. The highest BCUT2D eigenvalue weighted by atomic mass is 19.1. The van der Waals surface area contributed by atoms with Gasteiger partial charge in [0, 0.05) is 24.9 Å². The van der Waals surface area contributed by atoms with E-state index in [1.807, 2.05) is 4.90 Å². The molecule has 3 rings (SSSR count). The van der Waals surface area contributed by atoms with Crippen molar-refractivity contribution >= 4 is 11.9 Å². The molecule has 2 fully saturated rings. The Hall–Kier alpha value is -1.91. The number of rotatable bonds is 4. The van der Waals surface area contributed by atoms with E-state index in [0.717, 1.165) is 12.8 Å². The molecule has 106 valence electrons. The SMILES string of the molecule is O=C(OC[C@@H]1CC(=O)N(C2CC2)C1)c1ccc(F)cc1. The molecule has 1 aliphatic heterocycles. The normalized spacial score (nSPS) is 22.1. The molecular formula is C15H16FNO3. The fourth-order valence-electron chi connectivity index (χ4n) is 2.52. The first-order valence-corrected chi connectivity index (χ1v) is 6.85. The highest BCUT2D eigenvalue weighted by Crippen LogP contribution is 2.32. The molecule has 0 aromatic heterocycles. The van der Waals surface area contributed by atoms with E-state index >= 15 is 0 Å².